The van der Waals surface area contributed by atoms with Crippen LogP contribution in [0.15, 0.2) is 54.9 Å². The van der Waals surface area contributed by atoms with E-state index >= 15 is 0 Å². The Labute approximate surface area is 169 Å². The number of alkyl halides is 3. The zero-order valence-electron chi connectivity index (χ0n) is 16.4. The van der Waals surface area contributed by atoms with Crippen molar-refractivity contribution in [2.75, 3.05) is 19.6 Å². The molecule has 1 aliphatic rings. The minimum atomic E-state index is -4.27. The van der Waals surface area contributed by atoms with Gasteiger partial charge in [-0.2, -0.15) is 13.2 Å². The molecule has 0 spiro atoms. The minimum Gasteiger partial charge on any atom is -0.331 e. The van der Waals surface area contributed by atoms with Crippen molar-refractivity contribution in [2.24, 2.45) is 0 Å². The van der Waals surface area contributed by atoms with Gasteiger partial charge in [0.1, 0.15) is 0 Å². The van der Waals surface area contributed by atoms with E-state index in [-0.39, 0.29) is 5.92 Å². The highest BCUT2D eigenvalue weighted by atomic mass is 19.4. The van der Waals surface area contributed by atoms with Crippen molar-refractivity contribution in [2.45, 2.75) is 44.3 Å². The number of unbranched alkanes of at least 4 members (excludes halogenated alkanes) is 1. The molecule has 3 aromatic rings. The van der Waals surface area contributed by atoms with Crippen LogP contribution in [0, 0.1) is 0 Å². The second-order valence-electron chi connectivity index (χ2n) is 7.87. The van der Waals surface area contributed by atoms with Crippen LogP contribution in [0.5, 0.6) is 0 Å². The molecule has 2 heterocycles. The Morgan fingerprint density at radius 2 is 1.69 bits per heavy atom. The van der Waals surface area contributed by atoms with Crippen LogP contribution in [0.25, 0.3) is 11.0 Å². The molecule has 3 nitrogen and oxygen atoms in total. The number of benzene rings is 2. The molecular weight excluding hydrogens is 375 g/mol. The number of aryl methyl sites for hydroxylation is 1. The molecular formula is C23H26F3N3. The van der Waals surface area contributed by atoms with Crippen molar-refractivity contribution in [1.29, 1.82) is 0 Å². The topological polar surface area (TPSA) is 21.1 Å². The summed E-state index contributed by atoms with van der Waals surface area (Å²) in [6.45, 7) is 3.91. The first kappa shape index (κ1) is 20.0. The van der Waals surface area contributed by atoms with Gasteiger partial charge in [0.2, 0.25) is 0 Å². The van der Waals surface area contributed by atoms with Crippen LogP contribution in [0.3, 0.4) is 0 Å². The molecule has 0 aliphatic carbocycles. The standard InChI is InChI=1S/C23H26F3N3/c24-23(25,26)20-7-5-6-19(16-20)18-10-14-28(15-11-18)12-3-4-13-29-17-27-21-8-1-2-9-22(21)29/h1-2,5-9,16-18H,3-4,10-15H2. The molecule has 6 heteroatoms. The summed E-state index contributed by atoms with van der Waals surface area (Å²) in [5.74, 6) is 0.228. The van der Waals surface area contributed by atoms with Crippen molar-refractivity contribution >= 4 is 11.0 Å². The largest absolute Gasteiger partial charge is 0.416 e. The summed E-state index contributed by atoms with van der Waals surface area (Å²) in [6, 6.07) is 14.0. The summed E-state index contributed by atoms with van der Waals surface area (Å²) in [6.07, 6.45) is 1.69. The van der Waals surface area contributed by atoms with Gasteiger partial charge in [-0.15, -0.1) is 0 Å². The summed E-state index contributed by atoms with van der Waals surface area (Å²) in [5.41, 5.74) is 2.49. The Kier molecular flexibility index (Phi) is 5.90. The second kappa shape index (κ2) is 8.57. The normalized spacial score (nSPS) is 16.5. The third kappa shape index (κ3) is 4.81. The van der Waals surface area contributed by atoms with Crippen molar-refractivity contribution in [3.05, 3.63) is 66.0 Å². The van der Waals surface area contributed by atoms with Gasteiger partial charge in [0.05, 0.1) is 22.9 Å². The number of halogens is 3. The first-order valence-corrected chi connectivity index (χ1v) is 10.3. The van der Waals surface area contributed by atoms with Crippen LogP contribution in [0.1, 0.15) is 42.7 Å². The molecule has 0 radical (unpaired) electrons. The molecule has 0 saturated carbocycles. The summed E-state index contributed by atoms with van der Waals surface area (Å²) in [7, 11) is 0. The molecule has 0 unspecified atom stereocenters. The summed E-state index contributed by atoms with van der Waals surface area (Å²) >= 11 is 0. The number of hydrogen-bond acceptors (Lipinski definition) is 2. The molecule has 1 aromatic heterocycles. The van der Waals surface area contributed by atoms with Crippen LogP contribution in [-0.4, -0.2) is 34.1 Å². The van der Waals surface area contributed by atoms with E-state index in [1.807, 2.05) is 30.6 Å². The van der Waals surface area contributed by atoms with E-state index in [1.165, 1.54) is 17.6 Å². The number of rotatable bonds is 6. The van der Waals surface area contributed by atoms with E-state index in [2.05, 4.69) is 20.5 Å². The maximum atomic E-state index is 12.9. The quantitative estimate of drug-likeness (QED) is 0.493. The highest BCUT2D eigenvalue weighted by molar-refractivity contribution is 5.74. The summed E-state index contributed by atoms with van der Waals surface area (Å²) < 4.78 is 41.0. The van der Waals surface area contributed by atoms with E-state index in [4.69, 9.17) is 0 Å². The Hall–Kier alpha value is -2.34. The molecule has 2 aromatic carbocycles. The maximum absolute atomic E-state index is 12.9. The van der Waals surface area contributed by atoms with Gasteiger partial charge in [-0.25, -0.2) is 4.98 Å². The minimum absolute atomic E-state index is 0.228. The van der Waals surface area contributed by atoms with Gasteiger partial charge in [-0.1, -0.05) is 30.3 Å². The molecule has 1 aliphatic heterocycles. The van der Waals surface area contributed by atoms with Gasteiger partial charge in [-0.3, -0.25) is 0 Å². The SMILES string of the molecule is FC(F)(F)c1cccc(C2CCN(CCCCn3cnc4ccccc43)CC2)c1. The van der Waals surface area contributed by atoms with Crippen molar-refractivity contribution in [1.82, 2.24) is 14.5 Å². The molecule has 0 bridgehead atoms. The Morgan fingerprint density at radius 3 is 2.48 bits per heavy atom. The highest BCUT2D eigenvalue weighted by Crippen LogP contribution is 2.34. The van der Waals surface area contributed by atoms with Crippen LogP contribution in [0.4, 0.5) is 13.2 Å². The van der Waals surface area contributed by atoms with Gasteiger partial charge >= 0.3 is 6.18 Å². The van der Waals surface area contributed by atoms with Gasteiger partial charge in [0.25, 0.3) is 0 Å². The highest BCUT2D eigenvalue weighted by Gasteiger charge is 2.31. The van der Waals surface area contributed by atoms with Gasteiger partial charge in [0, 0.05) is 6.54 Å². The monoisotopic (exact) mass is 401 g/mol. The average Bonchev–Trinajstić information content (AvgIpc) is 3.14. The fraction of sp³-hybridized carbons (Fsp3) is 0.435. The maximum Gasteiger partial charge on any atom is 0.416 e. The fourth-order valence-electron chi connectivity index (χ4n) is 4.26. The molecule has 0 amide bonds. The second-order valence-corrected chi connectivity index (χ2v) is 7.87. The zero-order valence-corrected chi connectivity index (χ0v) is 16.4. The predicted molar refractivity (Wildman–Crippen MR) is 109 cm³/mol. The van der Waals surface area contributed by atoms with E-state index in [1.54, 1.807) is 0 Å². The van der Waals surface area contributed by atoms with E-state index in [9.17, 15) is 13.2 Å². The number of likely N-dealkylation sites (tertiary alicyclic amines) is 1. The lowest BCUT2D eigenvalue weighted by Crippen LogP contribution is -2.33. The van der Waals surface area contributed by atoms with Crippen LogP contribution < -0.4 is 0 Å². The van der Waals surface area contributed by atoms with E-state index < -0.39 is 11.7 Å². The summed E-state index contributed by atoms with van der Waals surface area (Å²) in [4.78, 5) is 6.87. The number of piperidine rings is 1. The van der Waals surface area contributed by atoms with E-state index in [0.717, 1.165) is 69.0 Å². The molecule has 0 atom stereocenters. The number of hydrogen-bond donors (Lipinski definition) is 0. The number of para-hydroxylation sites is 2. The van der Waals surface area contributed by atoms with Gasteiger partial charge in [-0.05, 0) is 75.0 Å². The van der Waals surface area contributed by atoms with Crippen molar-refractivity contribution in [3.8, 4) is 0 Å². The Balaban J connectivity index is 1.22. The Bertz CT molecular complexity index is 940. The zero-order chi connectivity index (χ0) is 20.3. The smallest absolute Gasteiger partial charge is 0.331 e. The first-order chi connectivity index (χ1) is 14.0. The Morgan fingerprint density at radius 1 is 0.931 bits per heavy atom. The van der Waals surface area contributed by atoms with Gasteiger partial charge in [0.15, 0.2) is 0 Å². The third-order valence-corrected chi connectivity index (χ3v) is 5.92. The van der Waals surface area contributed by atoms with Crippen molar-refractivity contribution in [3.63, 3.8) is 0 Å². The lowest BCUT2D eigenvalue weighted by molar-refractivity contribution is -0.137. The first-order valence-electron chi connectivity index (χ1n) is 10.3. The van der Waals surface area contributed by atoms with Crippen molar-refractivity contribution < 1.29 is 13.2 Å². The molecule has 154 valence electrons. The van der Waals surface area contributed by atoms with Crippen LogP contribution in [-0.2, 0) is 12.7 Å². The molecule has 1 saturated heterocycles. The van der Waals surface area contributed by atoms with Gasteiger partial charge < -0.3 is 9.47 Å². The number of aromatic nitrogens is 2. The van der Waals surface area contributed by atoms with Crippen LogP contribution >= 0.6 is 0 Å². The number of nitrogens with zero attached hydrogens (tertiary/aromatic N) is 3. The lowest BCUT2D eigenvalue weighted by Gasteiger charge is -2.32. The predicted octanol–water partition coefficient (Wildman–Crippen LogP) is 5.71. The number of imidazole rings is 1. The molecule has 29 heavy (non-hydrogen) atoms. The average molecular weight is 401 g/mol. The molecule has 0 N–H and O–H groups in total. The van der Waals surface area contributed by atoms with E-state index in [0.29, 0.717) is 0 Å². The third-order valence-electron chi connectivity index (χ3n) is 5.92. The summed E-state index contributed by atoms with van der Waals surface area (Å²) in [5, 5.41) is 0. The number of fused-ring (bicyclic) bond motifs is 1. The van der Waals surface area contributed by atoms with Crippen LogP contribution in [0.2, 0.25) is 0 Å². The molecule has 1 fully saturated rings. The molecule has 4 rings (SSSR count). The fourth-order valence-corrected chi connectivity index (χ4v) is 4.26. The lowest BCUT2D eigenvalue weighted by atomic mass is 9.88.